The molecule has 0 bridgehead atoms. The van der Waals surface area contributed by atoms with Gasteiger partial charge in [0, 0.05) is 31.1 Å². The maximum atomic E-state index is 12.8. The van der Waals surface area contributed by atoms with Gasteiger partial charge in [-0.25, -0.2) is 0 Å². The van der Waals surface area contributed by atoms with E-state index in [2.05, 4.69) is 4.90 Å². The Balaban J connectivity index is 1.70. The summed E-state index contributed by atoms with van der Waals surface area (Å²) < 4.78 is 34.4. The first kappa shape index (κ1) is 16.4. The normalized spacial score (nSPS) is 22.9. The van der Waals surface area contributed by atoms with Crippen LogP contribution in [-0.2, 0) is 21.6 Å². The standard InChI is InChI=1S/C16H21FN2O3S/c17-23(21,22)12-14-9-16(20)19(11-14)15-5-3-4-13(8-15)10-18-6-1-2-7-18/h3-5,8,14H,1-2,6-7,9-12H2. The van der Waals surface area contributed by atoms with E-state index in [1.165, 1.54) is 12.8 Å². The molecule has 3 rings (SSSR count). The van der Waals surface area contributed by atoms with Crippen molar-refractivity contribution < 1.29 is 17.1 Å². The van der Waals surface area contributed by atoms with Gasteiger partial charge in [-0.3, -0.25) is 9.69 Å². The molecule has 2 fully saturated rings. The molecule has 0 aromatic heterocycles. The molecule has 23 heavy (non-hydrogen) atoms. The maximum Gasteiger partial charge on any atom is 0.302 e. The fourth-order valence-corrected chi connectivity index (χ4v) is 4.23. The minimum absolute atomic E-state index is 0.0828. The van der Waals surface area contributed by atoms with Crippen LogP contribution < -0.4 is 4.90 Å². The molecule has 1 unspecified atom stereocenters. The average molecular weight is 340 g/mol. The van der Waals surface area contributed by atoms with Crippen molar-refractivity contribution >= 4 is 21.8 Å². The Kier molecular flexibility index (Phi) is 4.68. The highest BCUT2D eigenvalue weighted by Gasteiger charge is 2.33. The number of halogens is 1. The van der Waals surface area contributed by atoms with Crippen molar-refractivity contribution in [1.82, 2.24) is 4.90 Å². The number of likely N-dealkylation sites (tertiary alicyclic amines) is 1. The molecule has 2 heterocycles. The Morgan fingerprint density at radius 1 is 1.22 bits per heavy atom. The van der Waals surface area contributed by atoms with Gasteiger partial charge in [-0.15, -0.1) is 3.89 Å². The van der Waals surface area contributed by atoms with Crippen LogP contribution in [0.3, 0.4) is 0 Å². The van der Waals surface area contributed by atoms with Gasteiger partial charge >= 0.3 is 10.2 Å². The fraction of sp³-hybridized carbons (Fsp3) is 0.562. The summed E-state index contributed by atoms with van der Waals surface area (Å²) in [5, 5.41) is 0. The van der Waals surface area contributed by atoms with E-state index in [1.807, 2.05) is 24.3 Å². The Morgan fingerprint density at radius 2 is 1.96 bits per heavy atom. The Hall–Kier alpha value is -1.47. The second-order valence-electron chi connectivity index (χ2n) is 6.43. The van der Waals surface area contributed by atoms with E-state index in [0.717, 1.165) is 30.9 Å². The van der Waals surface area contributed by atoms with Gasteiger partial charge in [-0.1, -0.05) is 12.1 Å². The zero-order valence-corrected chi connectivity index (χ0v) is 13.8. The molecule has 0 spiro atoms. The highest BCUT2D eigenvalue weighted by molar-refractivity contribution is 7.86. The van der Waals surface area contributed by atoms with Crippen molar-refractivity contribution in [3.8, 4) is 0 Å². The number of rotatable bonds is 5. The fourth-order valence-electron chi connectivity index (χ4n) is 3.45. The molecular formula is C16H21FN2O3S. The van der Waals surface area contributed by atoms with Crippen LogP contribution in [0.2, 0.25) is 0 Å². The summed E-state index contributed by atoms with van der Waals surface area (Å²) in [6, 6.07) is 7.76. The Labute approximate surface area is 136 Å². The summed E-state index contributed by atoms with van der Waals surface area (Å²) in [6.45, 7) is 3.32. The molecule has 7 heteroatoms. The van der Waals surface area contributed by atoms with Crippen LogP contribution in [0.5, 0.6) is 0 Å². The first-order valence-corrected chi connectivity index (χ1v) is 9.50. The largest absolute Gasteiger partial charge is 0.312 e. The lowest BCUT2D eigenvalue weighted by molar-refractivity contribution is -0.117. The van der Waals surface area contributed by atoms with Crippen LogP contribution in [0.15, 0.2) is 24.3 Å². The summed E-state index contributed by atoms with van der Waals surface area (Å²) >= 11 is 0. The van der Waals surface area contributed by atoms with E-state index >= 15 is 0 Å². The predicted octanol–water partition coefficient (Wildman–Crippen LogP) is 1.93. The Morgan fingerprint density at radius 3 is 2.65 bits per heavy atom. The van der Waals surface area contributed by atoms with Gasteiger partial charge in [0.1, 0.15) is 0 Å². The third-order valence-corrected chi connectivity index (χ3v) is 5.34. The van der Waals surface area contributed by atoms with Crippen molar-refractivity contribution in [3.05, 3.63) is 29.8 Å². The second-order valence-corrected chi connectivity index (χ2v) is 7.84. The van der Waals surface area contributed by atoms with Crippen molar-refractivity contribution in [2.45, 2.75) is 25.8 Å². The lowest BCUT2D eigenvalue weighted by Gasteiger charge is -2.19. The molecule has 2 saturated heterocycles. The van der Waals surface area contributed by atoms with Gasteiger partial charge in [0.2, 0.25) is 5.91 Å². The Bertz CT molecular complexity index is 686. The zero-order valence-electron chi connectivity index (χ0n) is 12.9. The number of hydrogen-bond acceptors (Lipinski definition) is 4. The van der Waals surface area contributed by atoms with Crippen molar-refractivity contribution in [3.63, 3.8) is 0 Å². The molecule has 0 aliphatic carbocycles. The van der Waals surface area contributed by atoms with Crippen LogP contribution in [0.25, 0.3) is 0 Å². The van der Waals surface area contributed by atoms with E-state index in [9.17, 15) is 17.1 Å². The van der Waals surface area contributed by atoms with Gasteiger partial charge in [0.25, 0.3) is 0 Å². The summed E-state index contributed by atoms with van der Waals surface area (Å²) in [5.74, 6) is -1.19. The van der Waals surface area contributed by atoms with E-state index in [1.54, 1.807) is 4.90 Å². The summed E-state index contributed by atoms with van der Waals surface area (Å²) in [7, 11) is -4.55. The first-order valence-electron chi connectivity index (χ1n) is 7.95. The summed E-state index contributed by atoms with van der Waals surface area (Å²) in [5.41, 5.74) is 1.91. The molecule has 126 valence electrons. The molecule has 1 aromatic carbocycles. The highest BCUT2D eigenvalue weighted by Crippen LogP contribution is 2.27. The molecule has 1 aromatic rings. The summed E-state index contributed by atoms with van der Waals surface area (Å²) in [4.78, 5) is 16.1. The molecule has 2 aliphatic heterocycles. The van der Waals surface area contributed by atoms with E-state index in [4.69, 9.17) is 0 Å². The lowest BCUT2D eigenvalue weighted by Crippen LogP contribution is -2.25. The second kappa shape index (κ2) is 6.57. The maximum absolute atomic E-state index is 12.8. The molecule has 5 nitrogen and oxygen atoms in total. The summed E-state index contributed by atoms with van der Waals surface area (Å²) in [6.07, 6.45) is 2.53. The highest BCUT2D eigenvalue weighted by atomic mass is 32.3. The van der Waals surface area contributed by atoms with Crippen molar-refractivity contribution in [2.75, 3.05) is 30.3 Å². The van der Waals surface area contributed by atoms with Crippen LogP contribution in [0.1, 0.15) is 24.8 Å². The molecular weight excluding hydrogens is 319 g/mol. The molecule has 0 N–H and O–H groups in total. The number of hydrogen-bond donors (Lipinski definition) is 0. The molecule has 0 saturated carbocycles. The first-order chi connectivity index (χ1) is 10.9. The van der Waals surface area contributed by atoms with Gasteiger partial charge in [-0.05, 0) is 43.6 Å². The topological polar surface area (TPSA) is 57.7 Å². The molecule has 1 amide bonds. The van der Waals surface area contributed by atoms with Gasteiger partial charge < -0.3 is 4.90 Å². The third kappa shape index (κ3) is 4.29. The monoisotopic (exact) mass is 340 g/mol. The minimum atomic E-state index is -4.55. The quantitative estimate of drug-likeness (QED) is 0.769. The molecule has 1 atom stereocenters. The number of anilines is 1. The van der Waals surface area contributed by atoms with Crippen LogP contribution in [0, 0.1) is 5.92 Å². The van der Waals surface area contributed by atoms with Gasteiger partial charge in [0.15, 0.2) is 0 Å². The lowest BCUT2D eigenvalue weighted by atomic mass is 10.1. The average Bonchev–Trinajstić information content (AvgIpc) is 3.07. The molecule has 2 aliphatic rings. The van der Waals surface area contributed by atoms with E-state index < -0.39 is 21.9 Å². The van der Waals surface area contributed by atoms with Crippen LogP contribution in [-0.4, -0.2) is 44.6 Å². The van der Waals surface area contributed by atoms with Crippen molar-refractivity contribution in [1.29, 1.82) is 0 Å². The third-order valence-electron chi connectivity index (χ3n) is 4.47. The SMILES string of the molecule is O=C1CC(CS(=O)(=O)F)CN1c1cccc(CN2CCCC2)c1. The van der Waals surface area contributed by atoms with E-state index in [0.29, 0.717) is 0 Å². The van der Waals surface area contributed by atoms with Crippen LogP contribution in [0.4, 0.5) is 9.57 Å². The van der Waals surface area contributed by atoms with Gasteiger partial charge in [-0.2, -0.15) is 8.42 Å². The number of nitrogens with zero attached hydrogens (tertiary/aromatic N) is 2. The number of amides is 1. The van der Waals surface area contributed by atoms with E-state index in [-0.39, 0.29) is 18.9 Å². The number of carbonyl (C=O) groups excluding carboxylic acids is 1. The minimum Gasteiger partial charge on any atom is -0.312 e. The zero-order chi connectivity index (χ0) is 16.4. The molecule has 0 radical (unpaired) electrons. The van der Waals surface area contributed by atoms with Crippen molar-refractivity contribution in [2.24, 2.45) is 5.92 Å². The predicted molar refractivity (Wildman–Crippen MR) is 86.3 cm³/mol. The number of benzene rings is 1. The smallest absolute Gasteiger partial charge is 0.302 e. The van der Waals surface area contributed by atoms with Gasteiger partial charge in [0.05, 0.1) is 5.75 Å². The number of carbonyl (C=O) groups is 1. The van der Waals surface area contributed by atoms with Crippen LogP contribution >= 0.6 is 0 Å².